The van der Waals surface area contributed by atoms with Crippen LogP contribution < -0.4 is 4.74 Å². The van der Waals surface area contributed by atoms with Crippen molar-refractivity contribution in [3.63, 3.8) is 0 Å². The van der Waals surface area contributed by atoms with Crippen molar-refractivity contribution >= 4 is 18.2 Å². The number of ketones is 1. The second kappa shape index (κ2) is 12.6. The van der Waals surface area contributed by atoms with E-state index in [0.717, 1.165) is 42.4 Å². The van der Waals surface area contributed by atoms with Gasteiger partial charge < -0.3 is 9.64 Å². The van der Waals surface area contributed by atoms with Crippen LogP contribution in [-0.4, -0.2) is 30.3 Å². The van der Waals surface area contributed by atoms with E-state index in [4.69, 9.17) is 4.74 Å². The lowest BCUT2D eigenvalue weighted by molar-refractivity contribution is 0.0869. The van der Waals surface area contributed by atoms with E-state index in [2.05, 4.69) is 42.2 Å². The summed E-state index contributed by atoms with van der Waals surface area (Å²) in [5.41, 5.74) is 3.34. The topological polar surface area (TPSA) is 29.5 Å². The first-order valence-electron chi connectivity index (χ1n) is 11.7. The molecule has 1 aliphatic heterocycles. The number of carbonyl (C=O) groups excluding carboxylic acids is 1. The monoisotopic (exact) mass is 463 g/mol. The van der Waals surface area contributed by atoms with Crippen molar-refractivity contribution in [3.05, 3.63) is 102 Å². The quantitative estimate of drug-likeness (QED) is 0.341. The van der Waals surface area contributed by atoms with Crippen LogP contribution in [0.3, 0.4) is 0 Å². The van der Waals surface area contributed by atoms with Gasteiger partial charge in [0.1, 0.15) is 12.4 Å². The molecule has 0 radical (unpaired) electrons. The van der Waals surface area contributed by atoms with Crippen LogP contribution in [0.1, 0.15) is 41.3 Å². The molecule has 0 unspecified atom stereocenters. The molecule has 4 heteroatoms. The van der Waals surface area contributed by atoms with Crippen molar-refractivity contribution < 1.29 is 9.53 Å². The van der Waals surface area contributed by atoms with E-state index in [-0.39, 0.29) is 24.1 Å². The summed E-state index contributed by atoms with van der Waals surface area (Å²) >= 11 is 0. The molecule has 0 N–H and O–H groups in total. The van der Waals surface area contributed by atoms with Crippen LogP contribution in [0.5, 0.6) is 5.75 Å². The number of hydrogen-bond acceptors (Lipinski definition) is 3. The minimum atomic E-state index is -0.00300. The Kier molecular flexibility index (Phi) is 9.53. The molecule has 174 valence electrons. The summed E-state index contributed by atoms with van der Waals surface area (Å²) in [6, 6.07) is 28.5. The van der Waals surface area contributed by atoms with Gasteiger partial charge in [0.2, 0.25) is 0 Å². The lowest BCUT2D eigenvalue weighted by Crippen LogP contribution is -2.38. The van der Waals surface area contributed by atoms with E-state index in [1.807, 2.05) is 54.6 Å². The van der Waals surface area contributed by atoms with E-state index < -0.39 is 0 Å². The Morgan fingerprint density at radius 2 is 1.45 bits per heavy atom. The zero-order valence-corrected chi connectivity index (χ0v) is 20.2. The van der Waals surface area contributed by atoms with Gasteiger partial charge in [-0.3, -0.25) is 4.79 Å². The van der Waals surface area contributed by atoms with Gasteiger partial charge in [0.05, 0.1) is 0 Å². The minimum Gasteiger partial charge on any atom is -0.489 e. The number of hydrogen-bond donors (Lipinski definition) is 0. The Morgan fingerprint density at radius 3 is 2.06 bits per heavy atom. The van der Waals surface area contributed by atoms with Gasteiger partial charge in [-0.15, -0.1) is 12.4 Å². The summed E-state index contributed by atoms with van der Waals surface area (Å²) in [6.45, 7) is 5.59. The highest BCUT2D eigenvalue weighted by molar-refractivity contribution is 5.97. The van der Waals surface area contributed by atoms with Gasteiger partial charge in [-0.2, -0.15) is 0 Å². The van der Waals surface area contributed by atoms with Gasteiger partial charge in [-0.1, -0.05) is 67.6 Å². The van der Waals surface area contributed by atoms with Gasteiger partial charge >= 0.3 is 0 Å². The van der Waals surface area contributed by atoms with E-state index in [0.29, 0.717) is 6.61 Å². The van der Waals surface area contributed by atoms with E-state index >= 15 is 0 Å². The fourth-order valence-electron chi connectivity index (χ4n) is 4.53. The van der Waals surface area contributed by atoms with Crippen molar-refractivity contribution in [1.82, 2.24) is 4.90 Å². The maximum Gasteiger partial charge on any atom is 0.166 e. The Bertz CT molecular complexity index is 968. The normalized spacial score (nSPS) is 15.4. The smallest absolute Gasteiger partial charge is 0.166 e. The lowest BCUT2D eigenvalue weighted by atomic mass is 9.89. The molecule has 0 bridgehead atoms. The second-order valence-corrected chi connectivity index (χ2v) is 9.00. The third-order valence-corrected chi connectivity index (χ3v) is 6.44. The van der Waals surface area contributed by atoms with Crippen LogP contribution in [0.4, 0.5) is 0 Å². The maximum atomic E-state index is 12.9. The molecule has 0 spiro atoms. The Morgan fingerprint density at radius 1 is 0.879 bits per heavy atom. The molecule has 1 heterocycles. The summed E-state index contributed by atoms with van der Waals surface area (Å²) in [6.07, 6.45) is 3.59. The third-order valence-electron chi connectivity index (χ3n) is 6.44. The van der Waals surface area contributed by atoms with E-state index in [9.17, 15) is 4.79 Å². The third kappa shape index (κ3) is 7.45. The highest BCUT2D eigenvalue weighted by atomic mass is 35.5. The molecule has 0 saturated carbocycles. The van der Waals surface area contributed by atoms with Crippen molar-refractivity contribution in [2.45, 2.75) is 32.8 Å². The minimum absolute atomic E-state index is 0. The van der Waals surface area contributed by atoms with Crippen LogP contribution in [0.2, 0.25) is 0 Å². The molecule has 1 aliphatic rings. The van der Waals surface area contributed by atoms with Crippen LogP contribution in [0.25, 0.3) is 0 Å². The highest BCUT2D eigenvalue weighted by Gasteiger charge is 2.23. The highest BCUT2D eigenvalue weighted by Crippen LogP contribution is 2.23. The number of halogens is 1. The molecule has 1 fully saturated rings. The first kappa shape index (κ1) is 25.0. The molecule has 3 aromatic carbocycles. The fourth-order valence-corrected chi connectivity index (χ4v) is 4.53. The molecule has 0 amide bonds. The number of rotatable bonds is 9. The molecule has 3 nitrogen and oxygen atoms in total. The standard InChI is InChI=1S/C29H33NO2.ClH/c1-23(21-30-18-16-25(17-19-30)20-24-8-4-2-5-9-24)29(31)27-12-14-28(15-13-27)32-22-26-10-6-3-7-11-26;/h2-15,23,25H,16-22H2,1H3;1H/t23-;/m0./s1. The first-order chi connectivity index (χ1) is 15.7. The van der Waals surface area contributed by atoms with Crippen LogP contribution >= 0.6 is 12.4 Å². The molecule has 0 aliphatic carbocycles. The van der Waals surface area contributed by atoms with Gasteiger partial charge in [-0.25, -0.2) is 0 Å². The first-order valence-corrected chi connectivity index (χ1v) is 11.7. The number of Topliss-reactive ketones (excluding diaryl/α,β-unsaturated/α-hetero) is 1. The zero-order chi connectivity index (χ0) is 22.2. The van der Waals surface area contributed by atoms with E-state index in [1.54, 1.807) is 0 Å². The Labute approximate surface area is 204 Å². The van der Waals surface area contributed by atoms with Crippen molar-refractivity contribution in [1.29, 1.82) is 0 Å². The number of likely N-dealkylation sites (tertiary alicyclic amines) is 1. The second-order valence-electron chi connectivity index (χ2n) is 9.00. The van der Waals surface area contributed by atoms with Gasteiger partial charge in [0.15, 0.2) is 5.78 Å². The van der Waals surface area contributed by atoms with Crippen molar-refractivity contribution in [2.75, 3.05) is 19.6 Å². The molecular formula is C29H34ClNO2. The predicted molar refractivity (Wildman–Crippen MR) is 137 cm³/mol. The van der Waals surface area contributed by atoms with Crippen LogP contribution in [0, 0.1) is 11.8 Å². The molecular weight excluding hydrogens is 430 g/mol. The summed E-state index contributed by atoms with van der Waals surface area (Å²) in [7, 11) is 0. The maximum absolute atomic E-state index is 12.9. The number of piperidine rings is 1. The summed E-state index contributed by atoms with van der Waals surface area (Å²) < 4.78 is 5.84. The van der Waals surface area contributed by atoms with E-state index in [1.165, 1.54) is 24.8 Å². The number of carbonyl (C=O) groups is 1. The number of benzene rings is 3. The zero-order valence-electron chi connectivity index (χ0n) is 19.4. The lowest BCUT2D eigenvalue weighted by Gasteiger charge is -2.33. The average Bonchev–Trinajstić information content (AvgIpc) is 2.85. The SMILES string of the molecule is C[C@@H](CN1CCC(Cc2ccccc2)CC1)C(=O)c1ccc(OCc2ccccc2)cc1.Cl. The van der Waals surface area contributed by atoms with Gasteiger partial charge in [0.25, 0.3) is 0 Å². The van der Waals surface area contributed by atoms with Crippen LogP contribution in [0.15, 0.2) is 84.9 Å². The van der Waals surface area contributed by atoms with Crippen molar-refractivity contribution in [3.8, 4) is 5.75 Å². The van der Waals surface area contributed by atoms with Crippen LogP contribution in [-0.2, 0) is 13.0 Å². The van der Waals surface area contributed by atoms with Gasteiger partial charge in [-0.05, 0) is 73.7 Å². The molecule has 0 aromatic heterocycles. The summed E-state index contributed by atoms with van der Waals surface area (Å²) in [5.74, 6) is 1.75. The molecule has 3 aromatic rings. The largest absolute Gasteiger partial charge is 0.489 e. The number of nitrogens with zero attached hydrogens (tertiary/aromatic N) is 1. The fraction of sp³-hybridized carbons (Fsp3) is 0.345. The molecule has 1 atom stereocenters. The molecule has 1 saturated heterocycles. The summed E-state index contributed by atoms with van der Waals surface area (Å²) in [4.78, 5) is 15.4. The average molecular weight is 464 g/mol. The molecule has 4 rings (SSSR count). The molecule has 33 heavy (non-hydrogen) atoms. The Hall–Kier alpha value is -2.62. The van der Waals surface area contributed by atoms with Crippen molar-refractivity contribution in [2.24, 2.45) is 11.8 Å². The number of ether oxygens (including phenoxy) is 1. The summed E-state index contributed by atoms with van der Waals surface area (Å²) in [5, 5.41) is 0. The predicted octanol–water partition coefficient (Wildman–Crippen LogP) is 6.46. The van der Waals surface area contributed by atoms with Gasteiger partial charge in [0, 0.05) is 18.0 Å². The Balaban J connectivity index is 0.00000306.